The first kappa shape index (κ1) is 9.11. The molecule has 0 N–H and O–H groups in total. The largest absolute Gasteiger partial charge is 0.465 e. The van der Waals surface area contributed by atoms with Crippen LogP contribution in [0.4, 0.5) is 0 Å². The molecule has 1 aromatic rings. The van der Waals surface area contributed by atoms with Gasteiger partial charge in [-0.15, -0.1) is 0 Å². The fraction of sp³-hybridized carbons (Fsp3) is 0.455. The van der Waals surface area contributed by atoms with Crippen LogP contribution in [0.2, 0.25) is 0 Å². The average Bonchev–Trinajstić information content (AvgIpc) is 2.57. The van der Waals surface area contributed by atoms with Crippen LogP contribution in [-0.2, 0) is 0 Å². The SMILES string of the molecule is CC[C@@H](C)C/C=C/c1ccco1. The van der Waals surface area contributed by atoms with E-state index in [1.165, 1.54) is 6.42 Å². The van der Waals surface area contributed by atoms with Crippen molar-refractivity contribution in [2.24, 2.45) is 5.92 Å². The van der Waals surface area contributed by atoms with Crippen molar-refractivity contribution >= 4 is 6.08 Å². The van der Waals surface area contributed by atoms with E-state index >= 15 is 0 Å². The Morgan fingerprint density at radius 3 is 3.00 bits per heavy atom. The van der Waals surface area contributed by atoms with Gasteiger partial charge in [-0.25, -0.2) is 0 Å². The first-order valence-corrected chi connectivity index (χ1v) is 4.53. The molecule has 1 heterocycles. The first-order chi connectivity index (χ1) is 5.83. The van der Waals surface area contributed by atoms with Crippen LogP contribution in [0.3, 0.4) is 0 Å². The molecule has 0 saturated heterocycles. The molecule has 66 valence electrons. The molecule has 0 saturated carbocycles. The Morgan fingerprint density at radius 1 is 1.58 bits per heavy atom. The van der Waals surface area contributed by atoms with Crippen molar-refractivity contribution in [1.29, 1.82) is 0 Å². The van der Waals surface area contributed by atoms with Gasteiger partial charge in [-0.3, -0.25) is 0 Å². The summed E-state index contributed by atoms with van der Waals surface area (Å²) in [5, 5.41) is 0. The van der Waals surface area contributed by atoms with E-state index in [2.05, 4.69) is 19.9 Å². The summed E-state index contributed by atoms with van der Waals surface area (Å²) in [6.07, 6.45) is 8.28. The lowest BCUT2D eigenvalue weighted by Crippen LogP contribution is -1.87. The normalized spacial score (nSPS) is 13.8. The van der Waals surface area contributed by atoms with Crippen molar-refractivity contribution < 1.29 is 4.42 Å². The van der Waals surface area contributed by atoms with Crippen LogP contribution < -0.4 is 0 Å². The van der Waals surface area contributed by atoms with Gasteiger partial charge >= 0.3 is 0 Å². The van der Waals surface area contributed by atoms with Crippen molar-refractivity contribution in [2.75, 3.05) is 0 Å². The van der Waals surface area contributed by atoms with Crippen LogP contribution in [0, 0.1) is 5.92 Å². The molecule has 0 amide bonds. The van der Waals surface area contributed by atoms with Gasteiger partial charge in [0.25, 0.3) is 0 Å². The molecule has 1 nitrogen and oxygen atoms in total. The zero-order valence-electron chi connectivity index (χ0n) is 7.79. The molecular weight excluding hydrogens is 148 g/mol. The molecule has 0 radical (unpaired) electrons. The fourth-order valence-corrected chi connectivity index (χ4v) is 0.969. The maximum Gasteiger partial charge on any atom is 0.126 e. The third-order valence-corrected chi connectivity index (χ3v) is 2.06. The van der Waals surface area contributed by atoms with Crippen molar-refractivity contribution in [3.05, 3.63) is 30.2 Å². The van der Waals surface area contributed by atoms with Gasteiger partial charge in [-0.2, -0.15) is 0 Å². The molecular formula is C11H16O. The van der Waals surface area contributed by atoms with E-state index in [-0.39, 0.29) is 0 Å². The van der Waals surface area contributed by atoms with Gasteiger partial charge in [0, 0.05) is 0 Å². The van der Waals surface area contributed by atoms with E-state index in [1.54, 1.807) is 6.26 Å². The van der Waals surface area contributed by atoms with Crippen LogP contribution in [0.15, 0.2) is 28.9 Å². The molecule has 1 aromatic heterocycles. The third kappa shape index (κ3) is 2.95. The van der Waals surface area contributed by atoms with Crippen molar-refractivity contribution in [3.8, 4) is 0 Å². The van der Waals surface area contributed by atoms with Gasteiger partial charge < -0.3 is 4.42 Å². The fourth-order valence-electron chi connectivity index (χ4n) is 0.969. The maximum atomic E-state index is 5.16. The summed E-state index contributed by atoms with van der Waals surface area (Å²) in [6.45, 7) is 4.47. The molecule has 0 unspecified atom stereocenters. The van der Waals surface area contributed by atoms with Gasteiger partial charge in [0.15, 0.2) is 0 Å². The zero-order valence-corrected chi connectivity index (χ0v) is 7.79. The van der Waals surface area contributed by atoms with E-state index < -0.39 is 0 Å². The monoisotopic (exact) mass is 164 g/mol. The molecule has 0 spiro atoms. The lowest BCUT2D eigenvalue weighted by atomic mass is 10.1. The minimum Gasteiger partial charge on any atom is -0.465 e. The summed E-state index contributed by atoms with van der Waals surface area (Å²) in [5.74, 6) is 1.72. The summed E-state index contributed by atoms with van der Waals surface area (Å²) in [6, 6.07) is 3.87. The molecule has 1 atom stereocenters. The predicted octanol–water partition coefficient (Wildman–Crippen LogP) is 3.73. The molecule has 0 aliphatic heterocycles. The second kappa shape index (κ2) is 4.81. The molecule has 0 aliphatic carbocycles. The minimum atomic E-state index is 0.774. The van der Waals surface area contributed by atoms with E-state index in [1.807, 2.05) is 18.2 Å². The highest BCUT2D eigenvalue weighted by atomic mass is 16.3. The van der Waals surface area contributed by atoms with Crippen LogP contribution in [0.25, 0.3) is 6.08 Å². The van der Waals surface area contributed by atoms with Gasteiger partial charge in [0.05, 0.1) is 6.26 Å². The minimum absolute atomic E-state index is 0.774. The maximum absolute atomic E-state index is 5.16. The quantitative estimate of drug-likeness (QED) is 0.660. The highest BCUT2D eigenvalue weighted by Crippen LogP contribution is 2.09. The second-order valence-corrected chi connectivity index (χ2v) is 3.17. The molecule has 0 bridgehead atoms. The van der Waals surface area contributed by atoms with Crippen LogP contribution in [-0.4, -0.2) is 0 Å². The predicted molar refractivity (Wildman–Crippen MR) is 51.8 cm³/mol. The van der Waals surface area contributed by atoms with Gasteiger partial charge in [-0.1, -0.05) is 26.3 Å². The standard InChI is InChI=1S/C11H16O/c1-3-10(2)6-4-7-11-8-5-9-12-11/h4-5,7-10H,3,6H2,1-2H3/b7-4+/t10-/m1/s1. The number of hydrogen-bond acceptors (Lipinski definition) is 1. The highest BCUT2D eigenvalue weighted by molar-refractivity contribution is 5.41. The third-order valence-electron chi connectivity index (χ3n) is 2.06. The van der Waals surface area contributed by atoms with Crippen LogP contribution >= 0.6 is 0 Å². The average molecular weight is 164 g/mol. The van der Waals surface area contributed by atoms with Crippen molar-refractivity contribution in [1.82, 2.24) is 0 Å². The Labute approximate surface area is 74.1 Å². The van der Waals surface area contributed by atoms with E-state index in [9.17, 15) is 0 Å². The van der Waals surface area contributed by atoms with Crippen LogP contribution in [0.5, 0.6) is 0 Å². The summed E-state index contributed by atoms with van der Waals surface area (Å²) in [5.41, 5.74) is 0. The summed E-state index contributed by atoms with van der Waals surface area (Å²) in [7, 11) is 0. The Hall–Kier alpha value is -0.980. The molecule has 1 heteroatoms. The zero-order chi connectivity index (χ0) is 8.81. The molecule has 0 fully saturated rings. The topological polar surface area (TPSA) is 13.1 Å². The van der Waals surface area contributed by atoms with Crippen molar-refractivity contribution in [3.63, 3.8) is 0 Å². The lowest BCUT2D eigenvalue weighted by Gasteiger charge is -2.01. The first-order valence-electron chi connectivity index (χ1n) is 4.53. The van der Waals surface area contributed by atoms with E-state index in [0.717, 1.165) is 18.1 Å². The summed E-state index contributed by atoms with van der Waals surface area (Å²) in [4.78, 5) is 0. The Morgan fingerprint density at radius 2 is 2.42 bits per heavy atom. The lowest BCUT2D eigenvalue weighted by molar-refractivity contribution is 0.553. The molecule has 1 rings (SSSR count). The van der Waals surface area contributed by atoms with Gasteiger partial charge in [-0.05, 0) is 30.5 Å². The second-order valence-electron chi connectivity index (χ2n) is 3.17. The smallest absolute Gasteiger partial charge is 0.126 e. The number of hydrogen-bond donors (Lipinski definition) is 0. The highest BCUT2D eigenvalue weighted by Gasteiger charge is 1.93. The Bertz CT molecular complexity index is 221. The van der Waals surface area contributed by atoms with E-state index in [0.29, 0.717) is 0 Å². The molecule has 0 aromatic carbocycles. The summed E-state index contributed by atoms with van der Waals surface area (Å²) < 4.78 is 5.16. The number of rotatable bonds is 4. The van der Waals surface area contributed by atoms with E-state index in [4.69, 9.17) is 4.42 Å². The Balaban J connectivity index is 2.32. The Kier molecular flexibility index (Phi) is 3.65. The van der Waals surface area contributed by atoms with Crippen LogP contribution in [0.1, 0.15) is 32.4 Å². The van der Waals surface area contributed by atoms with Crippen molar-refractivity contribution in [2.45, 2.75) is 26.7 Å². The number of furan rings is 1. The number of allylic oxidation sites excluding steroid dienone is 1. The van der Waals surface area contributed by atoms with Gasteiger partial charge in [0.2, 0.25) is 0 Å². The molecule has 0 aliphatic rings. The summed E-state index contributed by atoms with van der Waals surface area (Å²) >= 11 is 0. The van der Waals surface area contributed by atoms with Gasteiger partial charge in [0.1, 0.15) is 5.76 Å². The molecule has 12 heavy (non-hydrogen) atoms.